The van der Waals surface area contributed by atoms with E-state index in [9.17, 15) is 0 Å². The van der Waals surface area contributed by atoms with E-state index < -0.39 is 8.99 Å². The Morgan fingerprint density at radius 2 is 0.931 bits per heavy atom. The molecule has 2 aromatic carbocycles. The van der Waals surface area contributed by atoms with Crippen molar-refractivity contribution in [3.05, 3.63) is 79.9 Å². The summed E-state index contributed by atoms with van der Waals surface area (Å²) < 4.78 is -1.14. The number of halogens is 2. The predicted octanol–water partition coefficient (Wildman–Crippen LogP) is 7.72. The zero-order chi connectivity index (χ0) is 21.5. The molecule has 0 fully saturated rings. The molecule has 0 spiro atoms. The number of rotatable bonds is 2. The molecule has 3 heteroatoms. The van der Waals surface area contributed by atoms with Crippen LogP contribution < -0.4 is 0 Å². The number of benzene rings is 2. The van der Waals surface area contributed by atoms with E-state index in [0.717, 1.165) is 0 Å². The molecule has 150 valence electrons. The lowest BCUT2D eigenvalue weighted by atomic mass is 9.98. The van der Waals surface area contributed by atoms with Crippen LogP contribution in [-0.4, -0.2) is 9.52 Å². The van der Waals surface area contributed by atoms with E-state index in [4.69, 9.17) is 23.2 Å². The van der Waals surface area contributed by atoms with Gasteiger partial charge in [-0.2, -0.15) is 0 Å². The Morgan fingerprint density at radius 1 is 0.586 bits per heavy atom. The summed E-state index contributed by atoms with van der Waals surface area (Å²) in [5.74, 6) is 0. The Labute approximate surface area is 187 Å². The molecule has 0 aromatic heterocycles. The second-order valence-corrected chi connectivity index (χ2v) is 12.5. The molecule has 2 radical (unpaired) electrons. The number of alkyl halides is 2. The molecule has 0 N–H and O–H groups in total. The van der Waals surface area contributed by atoms with Crippen LogP contribution in [-0.2, 0) is 8.99 Å². The number of allylic oxidation sites excluding steroid dienone is 4. The van der Waals surface area contributed by atoms with E-state index in [-0.39, 0.29) is 0 Å². The highest BCUT2D eigenvalue weighted by atomic mass is 35.5. The number of hydrogen-bond acceptors (Lipinski definition) is 0. The van der Waals surface area contributed by atoms with Crippen molar-refractivity contribution in [2.45, 2.75) is 64.4 Å². The fourth-order valence-corrected chi connectivity index (χ4v) is 8.79. The normalized spacial score (nSPS) is 25.7. The van der Waals surface area contributed by atoms with Gasteiger partial charge in [-0.15, -0.1) is 23.2 Å². The van der Waals surface area contributed by atoms with Crippen molar-refractivity contribution in [1.29, 1.82) is 0 Å². The first-order valence-corrected chi connectivity index (χ1v) is 11.9. The summed E-state index contributed by atoms with van der Waals surface area (Å²) in [6.45, 7) is 17.5. The Morgan fingerprint density at radius 3 is 1.28 bits per heavy atom. The molecule has 2 aliphatic carbocycles. The highest BCUT2D eigenvalue weighted by molar-refractivity contribution is 6.70. The smallest absolute Gasteiger partial charge is 0.114 e. The maximum Gasteiger partial charge on any atom is 0.118 e. The van der Waals surface area contributed by atoms with E-state index in [1.165, 1.54) is 66.8 Å². The van der Waals surface area contributed by atoms with Gasteiger partial charge in [-0.3, -0.25) is 0 Å². The van der Waals surface area contributed by atoms with Crippen LogP contribution in [0, 0.1) is 27.7 Å². The third-order valence-corrected chi connectivity index (χ3v) is 10.5. The van der Waals surface area contributed by atoms with E-state index in [1.807, 2.05) is 0 Å². The predicted molar refractivity (Wildman–Crippen MR) is 129 cm³/mol. The maximum atomic E-state index is 7.57. The molecule has 0 nitrogen and oxygen atoms in total. The van der Waals surface area contributed by atoms with Crippen molar-refractivity contribution in [3.8, 4) is 0 Å². The van der Waals surface area contributed by atoms with Crippen LogP contribution in [0.2, 0.25) is 0 Å². The highest BCUT2D eigenvalue weighted by Crippen LogP contribution is 2.57. The average molecular weight is 440 g/mol. The van der Waals surface area contributed by atoms with Crippen LogP contribution in [0.4, 0.5) is 0 Å². The second kappa shape index (κ2) is 6.61. The lowest BCUT2D eigenvalue weighted by Crippen LogP contribution is -2.40. The van der Waals surface area contributed by atoms with Crippen molar-refractivity contribution >= 4 is 43.9 Å². The molecule has 2 aromatic rings. The van der Waals surface area contributed by atoms with Gasteiger partial charge >= 0.3 is 0 Å². The third-order valence-electron chi connectivity index (χ3n) is 6.95. The Hall–Kier alpha value is -1.28. The summed E-state index contributed by atoms with van der Waals surface area (Å²) in [5.41, 5.74) is 15.3. The molecular formula is C26H28Cl2Si. The number of aryl methyl sites for hydroxylation is 4. The largest absolute Gasteiger partial charge is 0.118 e. The third kappa shape index (κ3) is 2.77. The number of fused-ring (bicyclic) bond motifs is 2. The van der Waals surface area contributed by atoms with E-state index in [1.54, 1.807) is 0 Å². The van der Waals surface area contributed by atoms with Crippen molar-refractivity contribution in [2.75, 3.05) is 0 Å². The van der Waals surface area contributed by atoms with Crippen LogP contribution in [0.3, 0.4) is 0 Å². The lowest BCUT2D eigenvalue weighted by molar-refractivity contribution is 0.921. The van der Waals surface area contributed by atoms with Gasteiger partial charge in [0.25, 0.3) is 0 Å². The maximum absolute atomic E-state index is 7.57. The second-order valence-electron chi connectivity index (χ2n) is 8.95. The molecule has 0 bridgehead atoms. The van der Waals surface area contributed by atoms with Crippen LogP contribution in [0.5, 0.6) is 0 Å². The molecule has 2 aliphatic rings. The Balaban J connectivity index is 1.95. The molecule has 0 heterocycles. The van der Waals surface area contributed by atoms with Crippen molar-refractivity contribution in [2.24, 2.45) is 0 Å². The summed E-state index contributed by atoms with van der Waals surface area (Å²) in [4.78, 5) is 0. The van der Waals surface area contributed by atoms with Crippen LogP contribution >= 0.6 is 23.2 Å². The van der Waals surface area contributed by atoms with Gasteiger partial charge in [-0.25, -0.2) is 0 Å². The first-order chi connectivity index (χ1) is 13.4. The summed E-state index contributed by atoms with van der Waals surface area (Å²) in [6.07, 6.45) is 0. The average Bonchev–Trinajstić information content (AvgIpc) is 2.92. The standard InChI is InChI=1S/C26H28Cl2Si/c1-13-9-15(3)23-17(5)19(7)25(27,21(23)11-13)29-26(28)20(8)18(6)24-16(4)10-14(2)12-22(24)26/h9-12H,1-8H3. The van der Waals surface area contributed by atoms with Crippen LogP contribution in [0.1, 0.15) is 72.2 Å². The Kier molecular flexibility index (Phi) is 4.78. The molecule has 0 saturated heterocycles. The van der Waals surface area contributed by atoms with Gasteiger partial charge in [0.05, 0.1) is 8.99 Å². The summed E-state index contributed by atoms with van der Waals surface area (Å²) in [6, 6.07) is 9.05. The lowest BCUT2D eigenvalue weighted by Gasteiger charge is -2.35. The molecule has 2 unspecified atom stereocenters. The van der Waals surface area contributed by atoms with Gasteiger partial charge in [-0.1, -0.05) is 35.4 Å². The molecule has 2 atom stereocenters. The van der Waals surface area contributed by atoms with Crippen molar-refractivity contribution in [1.82, 2.24) is 0 Å². The van der Waals surface area contributed by atoms with Gasteiger partial charge in [0.15, 0.2) is 0 Å². The first-order valence-electron chi connectivity index (χ1n) is 10.2. The van der Waals surface area contributed by atoms with E-state index >= 15 is 0 Å². The van der Waals surface area contributed by atoms with E-state index in [2.05, 4.69) is 79.7 Å². The molecule has 29 heavy (non-hydrogen) atoms. The molecular weight excluding hydrogens is 411 g/mol. The summed E-state index contributed by atoms with van der Waals surface area (Å²) in [7, 11) is 0.313. The zero-order valence-corrected chi connectivity index (χ0v) is 21.1. The zero-order valence-electron chi connectivity index (χ0n) is 18.6. The van der Waals surface area contributed by atoms with Crippen LogP contribution in [0.15, 0.2) is 35.4 Å². The molecule has 0 aliphatic heterocycles. The number of hydrogen-bond donors (Lipinski definition) is 0. The monoisotopic (exact) mass is 438 g/mol. The van der Waals surface area contributed by atoms with Gasteiger partial charge in [0.2, 0.25) is 0 Å². The minimum Gasteiger partial charge on any atom is -0.114 e. The molecule has 4 rings (SSSR count). The fraction of sp³-hybridized carbons (Fsp3) is 0.385. The SMILES string of the molecule is CC1=C(C)C(Cl)([Si]C2(Cl)C(C)=C(C)c3c(C)cc(C)cc32)c2cc(C)cc(C)c21. The van der Waals surface area contributed by atoms with Crippen molar-refractivity contribution < 1.29 is 0 Å². The Bertz CT molecular complexity index is 1050. The van der Waals surface area contributed by atoms with Crippen molar-refractivity contribution in [3.63, 3.8) is 0 Å². The van der Waals surface area contributed by atoms with Gasteiger partial charge in [-0.05, 0) is 111 Å². The van der Waals surface area contributed by atoms with E-state index in [0.29, 0.717) is 9.52 Å². The van der Waals surface area contributed by atoms with Crippen LogP contribution in [0.25, 0.3) is 11.1 Å². The quantitative estimate of drug-likeness (QED) is 0.332. The summed E-state index contributed by atoms with van der Waals surface area (Å²) in [5, 5.41) is 0. The van der Waals surface area contributed by atoms with Gasteiger partial charge < -0.3 is 0 Å². The first kappa shape index (κ1) is 21.0. The topological polar surface area (TPSA) is 0 Å². The van der Waals surface area contributed by atoms with Gasteiger partial charge in [0.1, 0.15) is 9.52 Å². The minimum atomic E-state index is -0.571. The summed E-state index contributed by atoms with van der Waals surface area (Å²) >= 11 is 15.1. The van der Waals surface area contributed by atoms with Gasteiger partial charge in [0, 0.05) is 0 Å². The minimum absolute atomic E-state index is 0.313. The fourth-order valence-electron chi connectivity index (χ4n) is 5.33. The highest BCUT2D eigenvalue weighted by Gasteiger charge is 2.52. The molecule has 0 saturated carbocycles. The molecule has 0 amide bonds.